The fourth-order valence-corrected chi connectivity index (χ4v) is 5.17. The third-order valence-corrected chi connectivity index (χ3v) is 7.02. The van der Waals surface area contributed by atoms with Gasteiger partial charge in [-0.3, -0.25) is 14.5 Å². The standard InChI is InChI=1S/C27H30N2O4S/c1-32-21-14-15-24(33-2)23(17-21)26(27(31)28-19-9-6-7-10-19)29(20-11-4-3-5-12-20)25(30)18-22-13-8-16-34-22/h3-5,8,11-17,19,26H,6-7,9-10,18H2,1-2H3,(H,28,31)/t26-/m0/s1. The molecule has 0 saturated heterocycles. The number of anilines is 1. The molecule has 4 rings (SSSR count). The monoisotopic (exact) mass is 478 g/mol. The van der Waals surface area contributed by atoms with Crippen LogP contribution >= 0.6 is 11.3 Å². The minimum atomic E-state index is -0.916. The summed E-state index contributed by atoms with van der Waals surface area (Å²) >= 11 is 1.53. The van der Waals surface area contributed by atoms with Crippen molar-refractivity contribution >= 4 is 28.8 Å². The molecular weight excluding hydrogens is 448 g/mol. The van der Waals surface area contributed by atoms with Gasteiger partial charge in [-0.2, -0.15) is 0 Å². The van der Waals surface area contributed by atoms with E-state index >= 15 is 0 Å². The smallest absolute Gasteiger partial charge is 0.248 e. The molecular formula is C27H30N2O4S. The predicted octanol–water partition coefficient (Wildman–Crippen LogP) is 5.14. The minimum absolute atomic E-state index is 0.108. The Kier molecular flexibility index (Phi) is 7.85. The van der Waals surface area contributed by atoms with Crippen molar-refractivity contribution in [2.24, 2.45) is 0 Å². The number of hydrogen-bond acceptors (Lipinski definition) is 5. The van der Waals surface area contributed by atoms with Gasteiger partial charge in [0.05, 0.1) is 20.6 Å². The Morgan fingerprint density at radius 1 is 1.03 bits per heavy atom. The van der Waals surface area contributed by atoms with Crippen LogP contribution in [0, 0.1) is 0 Å². The van der Waals surface area contributed by atoms with Crippen molar-refractivity contribution in [2.45, 2.75) is 44.2 Å². The zero-order valence-corrected chi connectivity index (χ0v) is 20.3. The van der Waals surface area contributed by atoms with Gasteiger partial charge in [0.25, 0.3) is 0 Å². The van der Waals surface area contributed by atoms with Crippen LogP contribution in [0.2, 0.25) is 0 Å². The highest BCUT2D eigenvalue weighted by molar-refractivity contribution is 7.10. The Morgan fingerprint density at radius 3 is 2.44 bits per heavy atom. The van der Waals surface area contributed by atoms with Gasteiger partial charge in [0, 0.05) is 22.2 Å². The molecule has 0 bridgehead atoms. The highest BCUT2D eigenvalue weighted by Gasteiger charge is 2.36. The molecule has 34 heavy (non-hydrogen) atoms. The zero-order valence-electron chi connectivity index (χ0n) is 19.5. The SMILES string of the molecule is COc1ccc(OC)c([C@@H](C(=O)NC2CCCC2)N(C(=O)Cc2cccs2)c2ccccc2)c1. The van der Waals surface area contributed by atoms with E-state index in [1.165, 1.54) is 11.3 Å². The summed E-state index contributed by atoms with van der Waals surface area (Å²) in [6, 6.07) is 17.7. The number of methoxy groups -OCH3 is 2. The van der Waals surface area contributed by atoms with Crippen LogP contribution in [0.5, 0.6) is 11.5 Å². The molecule has 0 aliphatic heterocycles. The fourth-order valence-electron chi connectivity index (χ4n) is 4.47. The van der Waals surface area contributed by atoms with Gasteiger partial charge >= 0.3 is 0 Å². The fraction of sp³-hybridized carbons (Fsp3) is 0.333. The molecule has 178 valence electrons. The zero-order chi connectivity index (χ0) is 23.9. The maximum atomic E-state index is 13.9. The summed E-state index contributed by atoms with van der Waals surface area (Å²) in [5, 5.41) is 5.15. The summed E-state index contributed by atoms with van der Waals surface area (Å²) in [7, 11) is 3.15. The van der Waals surface area contributed by atoms with Crippen LogP contribution < -0.4 is 19.7 Å². The first-order valence-corrected chi connectivity index (χ1v) is 12.4. The van der Waals surface area contributed by atoms with Crippen molar-refractivity contribution in [1.29, 1.82) is 0 Å². The van der Waals surface area contributed by atoms with Crippen LogP contribution in [0.15, 0.2) is 66.0 Å². The van der Waals surface area contributed by atoms with Crippen LogP contribution in [0.1, 0.15) is 42.2 Å². The normalized spacial score (nSPS) is 14.4. The number of ether oxygens (including phenoxy) is 2. The van der Waals surface area contributed by atoms with E-state index in [0.29, 0.717) is 22.7 Å². The second kappa shape index (κ2) is 11.2. The Balaban J connectivity index is 1.82. The van der Waals surface area contributed by atoms with Crippen LogP contribution in [0.25, 0.3) is 0 Å². The number of nitrogens with zero attached hydrogens (tertiary/aromatic N) is 1. The van der Waals surface area contributed by atoms with Gasteiger partial charge in [0.1, 0.15) is 17.5 Å². The number of benzene rings is 2. The number of rotatable bonds is 9. The number of thiophene rings is 1. The van der Waals surface area contributed by atoms with Gasteiger partial charge in [-0.05, 0) is 54.6 Å². The van der Waals surface area contributed by atoms with Crippen molar-refractivity contribution < 1.29 is 19.1 Å². The quantitative estimate of drug-likeness (QED) is 0.462. The number of carbonyl (C=O) groups excluding carboxylic acids is 2. The van der Waals surface area contributed by atoms with Crippen molar-refractivity contribution in [2.75, 3.05) is 19.1 Å². The molecule has 2 aromatic carbocycles. The summed E-state index contributed by atoms with van der Waals surface area (Å²) in [4.78, 5) is 30.2. The first-order chi connectivity index (χ1) is 16.6. The van der Waals surface area contributed by atoms with Crippen molar-refractivity contribution in [3.8, 4) is 11.5 Å². The van der Waals surface area contributed by atoms with Gasteiger partial charge in [0.2, 0.25) is 11.8 Å². The molecule has 1 fully saturated rings. The van der Waals surface area contributed by atoms with Crippen LogP contribution in [0.4, 0.5) is 5.69 Å². The van der Waals surface area contributed by atoms with Crippen molar-refractivity contribution in [3.05, 3.63) is 76.5 Å². The average Bonchev–Trinajstić information content (AvgIpc) is 3.57. The number of carbonyl (C=O) groups is 2. The lowest BCUT2D eigenvalue weighted by Crippen LogP contribution is -2.47. The Hall–Kier alpha value is -3.32. The minimum Gasteiger partial charge on any atom is -0.497 e. The second-order valence-electron chi connectivity index (χ2n) is 8.36. The number of nitrogens with one attached hydrogen (secondary N) is 1. The largest absolute Gasteiger partial charge is 0.497 e. The molecule has 1 saturated carbocycles. The maximum Gasteiger partial charge on any atom is 0.248 e. The summed E-state index contributed by atoms with van der Waals surface area (Å²) < 4.78 is 11.1. The third-order valence-electron chi connectivity index (χ3n) is 6.15. The number of para-hydroxylation sites is 1. The van der Waals surface area contributed by atoms with E-state index in [1.807, 2.05) is 47.8 Å². The summed E-state index contributed by atoms with van der Waals surface area (Å²) in [5.41, 5.74) is 1.24. The molecule has 1 aromatic heterocycles. The Morgan fingerprint density at radius 2 is 1.79 bits per heavy atom. The molecule has 0 spiro atoms. The van der Waals surface area contributed by atoms with E-state index in [4.69, 9.17) is 9.47 Å². The highest BCUT2D eigenvalue weighted by atomic mass is 32.1. The molecule has 0 radical (unpaired) electrons. The van der Waals surface area contributed by atoms with E-state index in [9.17, 15) is 9.59 Å². The van der Waals surface area contributed by atoms with E-state index in [0.717, 1.165) is 30.6 Å². The van der Waals surface area contributed by atoms with Gasteiger partial charge < -0.3 is 14.8 Å². The number of hydrogen-bond donors (Lipinski definition) is 1. The highest BCUT2D eigenvalue weighted by Crippen LogP contribution is 2.37. The van der Waals surface area contributed by atoms with Crippen LogP contribution in [0.3, 0.4) is 0 Å². The first kappa shape index (κ1) is 23.8. The topological polar surface area (TPSA) is 67.9 Å². The van der Waals surface area contributed by atoms with Gasteiger partial charge in [-0.15, -0.1) is 11.3 Å². The molecule has 2 amide bonds. The van der Waals surface area contributed by atoms with Gasteiger partial charge in [0.15, 0.2) is 0 Å². The first-order valence-electron chi connectivity index (χ1n) is 11.5. The molecule has 1 atom stereocenters. The summed E-state index contributed by atoms with van der Waals surface area (Å²) in [6.45, 7) is 0. The molecule has 3 aromatic rings. The lowest BCUT2D eigenvalue weighted by Gasteiger charge is -2.33. The summed E-state index contributed by atoms with van der Waals surface area (Å²) in [5.74, 6) is 0.734. The van der Waals surface area contributed by atoms with E-state index < -0.39 is 6.04 Å². The summed E-state index contributed by atoms with van der Waals surface area (Å²) in [6.07, 6.45) is 4.28. The molecule has 1 aliphatic carbocycles. The third kappa shape index (κ3) is 5.42. The van der Waals surface area contributed by atoms with Crippen LogP contribution in [-0.4, -0.2) is 32.1 Å². The second-order valence-corrected chi connectivity index (χ2v) is 9.39. The maximum absolute atomic E-state index is 13.9. The molecule has 1 N–H and O–H groups in total. The van der Waals surface area contributed by atoms with Gasteiger partial charge in [-0.1, -0.05) is 37.1 Å². The molecule has 0 unspecified atom stereocenters. The lowest BCUT2D eigenvalue weighted by atomic mass is 10.00. The molecule has 1 heterocycles. The average molecular weight is 479 g/mol. The van der Waals surface area contributed by atoms with Crippen LogP contribution in [-0.2, 0) is 16.0 Å². The van der Waals surface area contributed by atoms with E-state index in [2.05, 4.69) is 5.32 Å². The molecule has 7 heteroatoms. The van der Waals surface area contributed by atoms with Gasteiger partial charge in [-0.25, -0.2) is 0 Å². The Bertz CT molecular complexity index is 1100. The Labute approximate surface area is 204 Å². The number of amides is 2. The van der Waals surface area contributed by atoms with Crippen molar-refractivity contribution in [1.82, 2.24) is 5.32 Å². The lowest BCUT2D eigenvalue weighted by molar-refractivity contribution is -0.127. The van der Waals surface area contributed by atoms with E-state index in [-0.39, 0.29) is 24.3 Å². The molecule has 6 nitrogen and oxygen atoms in total. The van der Waals surface area contributed by atoms with E-state index in [1.54, 1.807) is 37.3 Å². The predicted molar refractivity (Wildman–Crippen MR) is 135 cm³/mol. The van der Waals surface area contributed by atoms with Crippen molar-refractivity contribution in [3.63, 3.8) is 0 Å². The molecule has 1 aliphatic rings.